The zero-order valence-electron chi connectivity index (χ0n) is 13.9. The van der Waals surface area contributed by atoms with Gasteiger partial charge in [-0.1, -0.05) is 35.1 Å². The van der Waals surface area contributed by atoms with Gasteiger partial charge in [-0.15, -0.1) is 0 Å². The van der Waals surface area contributed by atoms with Crippen LogP contribution in [-0.2, 0) is 12.8 Å². The first-order valence-electron chi connectivity index (χ1n) is 8.35. The summed E-state index contributed by atoms with van der Waals surface area (Å²) in [6.07, 6.45) is 4.61. The third-order valence-electron chi connectivity index (χ3n) is 4.31. The maximum Gasteiger partial charge on any atom is 0.223 e. The number of hydrogen-bond donors (Lipinski definition) is 0. The van der Waals surface area contributed by atoms with Crippen LogP contribution in [0.15, 0.2) is 40.0 Å². The van der Waals surface area contributed by atoms with Gasteiger partial charge in [0.1, 0.15) is 0 Å². The molecule has 1 aliphatic carbocycles. The number of benzene rings is 1. The number of aromatic nitrogens is 4. The van der Waals surface area contributed by atoms with E-state index in [2.05, 4.69) is 45.9 Å². The fraction of sp³-hybridized carbons (Fsp3) is 0.389. The Bertz CT molecular complexity index is 840. The van der Waals surface area contributed by atoms with Gasteiger partial charge in [0.2, 0.25) is 5.89 Å². The van der Waals surface area contributed by atoms with Crippen molar-refractivity contribution in [2.24, 2.45) is 0 Å². The molecule has 1 aromatic carbocycles. The number of aryl methyl sites for hydroxylation is 2. The molecule has 0 saturated heterocycles. The van der Waals surface area contributed by atoms with E-state index in [1.807, 2.05) is 13.0 Å². The van der Waals surface area contributed by atoms with Gasteiger partial charge in [0.15, 0.2) is 11.0 Å². The average Bonchev–Trinajstić information content (AvgIpc) is 3.19. The molecule has 1 unspecified atom stereocenters. The predicted octanol–water partition coefficient (Wildman–Crippen LogP) is 4.30. The molecule has 24 heavy (non-hydrogen) atoms. The Balaban J connectivity index is 1.73. The van der Waals surface area contributed by atoms with Crippen molar-refractivity contribution >= 4 is 11.8 Å². The molecule has 0 spiro atoms. The molecule has 1 aliphatic rings. The van der Waals surface area contributed by atoms with Crippen LogP contribution >= 0.6 is 11.8 Å². The summed E-state index contributed by atoms with van der Waals surface area (Å²) in [5, 5.41) is 5.16. The van der Waals surface area contributed by atoms with Crippen molar-refractivity contribution in [3.05, 3.63) is 53.4 Å². The molecule has 0 fully saturated rings. The summed E-state index contributed by atoms with van der Waals surface area (Å²) in [6.45, 7) is 3.91. The predicted molar refractivity (Wildman–Crippen MR) is 93.5 cm³/mol. The largest absolute Gasteiger partial charge is 0.340 e. The molecule has 0 radical (unpaired) electrons. The fourth-order valence-electron chi connectivity index (χ4n) is 3.13. The third-order valence-corrected chi connectivity index (χ3v) is 5.35. The van der Waals surface area contributed by atoms with E-state index in [1.165, 1.54) is 29.9 Å². The molecule has 6 heteroatoms. The smallest absolute Gasteiger partial charge is 0.223 e. The summed E-state index contributed by atoms with van der Waals surface area (Å²) < 4.78 is 7.43. The molecule has 4 rings (SSSR count). The van der Waals surface area contributed by atoms with Crippen LogP contribution in [0.1, 0.15) is 48.1 Å². The van der Waals surface area contributed by atoms with Gasteiger partial charge in [0.25, 0.3) is 0 Å². The second-order valence-corrected chi connectivity index (χ2v) is 7.41. The third kappa shape index (κ3) is 2.86. The summed E-state index contributed by atoms with van der Waals surface area (Å²) in [5.41, 5.74) is 3.77. The number of para-hydroxylation sites is 1. The minimum Gasteiger partial charge on any atom is -0.340 e. The van der Waals surface area contributed by atoms with Crippen LogP contribution in [0.3, 0.4) is 0 Å². The summed E-state index contributed by atoms with van der Waals surface area (Å²) in [4.78, 5) is 9.29. The zero-order valence-corrected chi connectivity index (χ0v) is 14.7. The quantitative estimate of drug-likeness (QED) is 0.663. The Morgan fingerprint density at radius 3 is 2.67 bits per heavy atom. The first-order valence-corrected chi connectivity index (χ1v) is 9.23. The van der Waals surface area contributed by atoms with Crippen molar-refractivity contribution in [1.29, 1.82) is 0 Å². The van der Waals surface area contributed by atoms with Crippen LogP contribution in [-0.4, -0.2) is 19.7 Å². The molecular weight excluding hydrogens is 320 g/mol. The van der Waals surface area contributed by atoms with Gasteiger partial charge in [-0.3, -0.25) is 4.57 Å². The summed E-state index contributed by atoms with van der Waals surface area (Å²) in [5.74, 6) is 1.32. The van der Waals surface area contributed by atoms with Gasteiger partial charge in [-0.2, -0.15) is 4.98 Å². The maximum atomic E-state index is 5.12. The SMILES string of the molecule is Cc1nc(C(C)Sc2nc3c(n2-c2ccccc2)CCCC3)no1. The first kappa shape index (κ1) is 15.4. The number of rotatable bonds is 4. The Morgan fingerprint density at radius 2 is 1.92 bits per heavy atom. The van der Waals surface area contributed by atoms with Gasteiger partial charge in [0.05, 0.1) is 10.9 Å². The molecule has 1 atom stereocenters. The molecule has 3 aromatic rings. The monoisotopic (exact) mass is 340 g/mol. The highest BCUT2D eigenvalue weighted by Gasteiger charge is 2.24. The number of nitrogens with zero attached hydrogens (tertiary/aromatic N) is 4. The van der Waals surface area contributed by atoms with Gasteiger partial charge < -0.3 is 4.52 Å². The van der Waals surface area contributed by atoms with Crippen LogP contribution in [0.2, 0.25) is 0 Å². The summed E-state index contributed by atoms with van der Waals surface area (Å²) in [7, 11) is 0. The Morgan fingerprint density at radius 1 is 1.12 bits per heavy atom. The highest BCUT2D eigenvalue weighted by molar-refractivity contribution is 7.99. The zero-order chi connectivity index (χ0) is 16.5. The normalized spacial score (nSPS) is 15.2. The molecular formula is C18H20N4OS. The topological polar surface area (TPSA) is 56.7 Å². The number of fused-ring (bicyclic) bond motifs is 1. The van der Waals surface area contributed by atoms with Crippen molar-refractivity contribution in [3.63, 3.8) is 0 Å². The summed E-state index contributed by atoms with van der Waals surface area (Å²) in [6, 6.07) is 10.5. The van der Waals surface area contributed by atoms with E-state index < -0.39 is 0 Å². The van der Waals surface area contributed by atoms with E-state index in [0.717, 1.165) is 23.8 Å². The molecule has 0 bridgehead atoms. The molecule has 0 amide bonds. The van der Waals surface area contributed by atoms with E-state index in [0.29, 0.717) is 5.89 Å². The van der Waals surface area contributed by atoms with E-state index in [-0.39, 0.29) is 5.25 Å². The number of thioether (sulfide) groups is 1. The number of imidazole rings is 1. The minimum absolute atomic E-state index is 0.0914. The minimum atomic E-state index is 0.0914. The van der Waals surface area contributed by atoms with Gasteiger partial charge >= 0.3 is 0 Å². The van der Waals surface area contributed by atoms with Crippen LogP contribution < -0.4 is 0 Å². The van der Waals surface area contributed by atoms with Crippen molar-refractivity contribution in [3.8, 4) is 5.69 Å². The molecule has 0 aliphatic heterocycles. The first-order chi connectivity index (χ1) is 11.7. The Hall–Kier alpha value is -2.08. The molecule has 2 aromatic heterocycles. The fourth-order valence-corrected chi connectivity index (χ4v) is 4.13. The lowest BCUT2D eigenvalue weighted by atomic mass is 10.0. The lowest BCUT2D eigenvalue weighted by Gasteiger charge is -2.15. The summed E-state index contributed by atoms with van der Waals surface area (Å²) >= 11 is 1.69. The highest BCUT2D eigenvalue weighted by Crippen LogP contribution is 2.37. The van der Waals surface area contributed by atoms with Gasteiger partial charge in [-0.05, 0) is 44.7 Å². The van der Waals surface area contributed by atoms with Crippen LogP contribution in [0.5, 0.6) is 0 Å². The lowest BCUT2D eigenvalue weighted by Crippen LogP contribution is -2.07. The van der Waals surface area contributed by atoms with Gasteiger partial charge in [0, 0.05) is 18.3 Å². The van der Waals surface area contributed by atoms with E-state index in [9.17, 15) is 0 Å². The van der Waals surface area contributed by atoms with Crippen molar-refractivity contribution in [1.82, 2.24) is 19.7 Å². The average molecular weight is 340 g/mol. The molecule has 124 valence electrons. The Kier molecular flexibility index (Phi) is 4.14. The highest BCUT2D eigenvalue weighted by atomic mass is 32.2. The second kappa shape index (κ2) is 6.43. The van der Waals surface area contributed by atoms with Crippen LogP contribution in [0.25, 0.3) is 5.69 Å². The molecule has 2 heterocycles. The standard InChI is InChI=1S/C18H20N4OS/c1-12(17-19-13(2)23-21-17)24-18-20-15-10-6-7-11-16(15)22(18)14-8-4-3-5-9-14/h3-5,8-9,12H,6-7,10-11H2,1-2H3. The maximum absolute atomic E-state index is 5.12. The van der Waals surface area contributed by atoms with Gasteiger partial charge in [-0.25, -0.2) is 4.98 Å². The van der Waals surface area contributed by atoms with E-state index >= 15 is 0 Å². The molecule has 0 saturated carbocycles. The van der Waals surface area contributed by atoms with E-state index in [4.69, 9.17) is 9.51 Å². The van der Waals surface area contributed by atoms with Crippen LogP contribution in [0, 0.1) is 6.92 Å². The molecule has 5 nitrogen and oxygen atoms in total. The van der Waals surface area contributed by atoms with Crippen molar-refractivity contribution in [2.75, 3.05) is 0 Å². The second-order valence-electron chi connectivity index (χ2n) is 6.10. The van der Waals surface area contributed by atoms with Crippen molar-refractivity contribution in [2.45, 2.75) is 49.9 Å². The number of hydrogen-bond acceptors (Lipinski definition) is 5. The lowest BCUT2D eigenvalue weighted by molar-refractivity contribution is 0.387. The molecule has 0 N–H and O–H groups in total. The Labute approximate surface area is 145 Å². The van der Waals surface area contributed by atoms with Crippen molar-refractivity contribution < 1.29 is 4.52 Å². The van der Waals surface area contributed by atoms with E-state index in [1.54, 1.807) is 11.8 Å². The van der Waals surface area contributed by atoms with Crippen LogP contribution in [0.4, 0.5) is 0 Å².